The standard InChI is InChI=1S/C20H20N2O2/c1-3-17(23)20(18(24)4-2)12-19(13-21,14-22)11-10-16(20)15-8-6-5-7-9-15/h5-10H,3-4,11-12H2,1-2H3. The molecule has 1 aromatic rings. The topological polar surface area (TPSA) is 81.7 Å². The molecule has 0 aliphatic heterocycles. The maximum Gasteiger partial charge on any atom is 0.150 e. The number of Topliss-reactive ketones (excluding diaryl/α,β-unsaturated/α-hetero) is 2. The van der Waals surface area contributed by atoms with Crippen LogP contribution in [0.3, 0.4) is 0 Å². The Morgan fingerprint density at radius 1 is 1.04 bits per heavy atom. The molecule has 0 unspecified atom stereocenters. The highest BCUT2D eigenvalue weighted by Gasteiger charge is 2.54. The van der Waals surface area contributed by atoms with Gasteiger partial charge >= 0.3 is 0 Å². The maximum absolute atomic E-state index is 12.9. The van der Waals surface area contributed by atoms with Crippen molar-refractivity contribution in [3.63, 3.8) is 0 Å². The maximum atomic E-state index is 12.9. The molecule has 0 N–H and O–H groups in total. The molecule has 0 atom stereocenters. The van der Waals surface area contributed by atoms with Crippen molar-refractivity contribution in [2.24, 2.45) is 10.8 Å². The van der Waals surface area contributed by atoms with Crippen LogP contribution in [0.15, 0.2) is 36.4 Å². The average molecular weight is 320 g/mol. The van der Waals surface area contributed by atoms with E-state index in [1.165, 1.54) is 0 Å². The summed E-state index contributed by atoms with van der Waals surface area (Å²) in [6.45, 7) is 3.43. The molecule has 24 heavy (non-hydrogen) atoms. The van der Waals surface area contributed by atoms with Gasteiger partial charge in [0.1, 0.15) is 10.8 Å². The van der Waals surface area contributed by atoms with E-state index in [1.54, 1.807) is 19.9 Å². The highest BCUT2D eigenvalue weighted by molar-refractivity contribution is 6.17. The van der Waals surface area contributed by atoms with Crippen molar-refractivity contribution in [2.45, 2.75) is 39.5 Å². The summed E-state index contributed by atoms with van der Waals surface area (Å²) in [5.41, 5.74) is -1.31. The molecule has 4 heteroatoms. The van der Waals surface area contributed by atoms with E-state index in [1.807, 2.05) is 42.5 Å². The van der Waals surface area contributed by atoms with Gasteiger partial charge in [-0.3, -0.25) is 9.59 Å². The minimum absolute atomic E-state index is 0.0624. The van der Waals surface area contributed by atoms with Crippen molar-refractivity contribution < 1.29 is 9.59 Å². The summed E-state index contributed by atoms with van der Waals surface area (Å²) in [6.07, 6.45) is 2.27. The van der Waals surface area contributed by atoms with Crippen molar-refractivity contribution in [3.8, 4) is 12.1 Å². The average Bonchev–Trinajstić information content (AvgIpc) is 2.66. The molecule has 0 fully saturated rings. The zero-order chi connectivity index (χ0) is 17.8. The van der Waals surface area contributed by atoms with E-state index >= 15 is 0 Å². The number of hydrogen-bond acceptors (Lipinski definition) is 4. The summed E-state index contributed by atoms with van der Waals surface area (Å²) in [7, 11) is 0. The van der Waals surface area contributed by atoms with E-state index in [-0.39, 0.29) is 37.2 Å². The van der Waals surface area contributed by atoms with Crippen LogP contribution in [0.4, 0.5) is 0 Å². The van der Waals surface area contributed by atoms with Crippen molar-refractivity contribution in [1.29, 1.82) is 10.5 Å². The Bertz CT molecular complexity index is 733. The van der Waals surface area contributed by atoms with Crippen LogP contribution < -0.4 is 0 Å². The Kier molecular flexibility index (Phi) is 5.00. The van der Waals surface area contributed by atoms with Gasteiger partial charge in [0, 0.05) is 19.3 Å². The number of rotatable bonds is 5. The molecule has 2 rings (SSSR count). The van der Waals surface area contributed by atoms with E-state index in [4.69, 9.17) is 0 Å². The molecule has 4 nitrogen and oxygen atoms in total. The summed E-state index contributed by atoms with van der Waals surface area (Å²) in [5, 5.41) is 19.0. The van der Waals surface area contributed by atoms with Gasteiger partial charge in [-0.15, -0.1) is 0 Å². The fourth-order valence-electron chi connectivity index (χ4n) is 3.50. The fourth-order valence-corrected chi connectivity index (χ4v) is 3.50. The smallest absolute Gasteiger partial charge is 0.150 e. The quantitative estimate of drug-likeness (QED) is 0.772. The lowest BCUT2D eigenvalue weighted by Gasteiger charge is -2.40. The van der Waals surface area contributed by atoms with E-state index in [0.717, 1.165) is 5.56 Å². The predicted octanol–water partition coefficient (Wildman–Crippen LogP) is 3.84. The molecule has 122 valence electrons. The van der Waals surface area contributed by atoms with E-state index < -0.39 is 10.8 Å². The minimum Gasteiger partial charge on any atom is -0.298 e. The molecule has 0 aromatic heterocycles. The zero-order valence-corrected chi connectivity index (χ0v) is 14.0. The third-order valence-electron chi connectivity index (χ3n) is 4.79. The monoisotopic (exact) mass is 320 g/mol. The highest BCUT2D eigenvalue weighted by atomic mass is 16.2. The molecule has 0 saturated heterocycles. The van der Waals surface area contributed by atoms with Crippen LogP contribution in [-0.4, -0.2) is 11.6 Å². The Hall–Kier alpha value is -2.72. The third kappa shape index (κ3) is 2.65. The van der Waals surface area contributed by atoms with Crippen LogP contribution in [0.25, 0.3) is 5.57 Å². The normalized spacial score (nSPS) is 17.9. The van der Waals surface area contributed by atoms with Gasteiger partial charge in [-0.2, -0.15) is 10.5 Å². The van der Waals surface area contributed by atoms with Crippen LogP contribution in [0.1, 0.15) is 45.1 Å². The Morgan fingerprint density at radius 2 is 1.58 bits per heavy atom. The first kappa shape index (κ1) is 17.6. The number of allylic oxidation sites excluding steroid dienone is 2. The number of carbonyl (C=O) groups excluding carboxylic acids is 2. The first-order valence-electron chi connectivity index (χ1n) is 8.15. The van der Waals surface area contributed by atoms with Crippen LogP contribution in [0, 0.1) is 33.5 Å². The highest BCUT2D eigenvalue weighted by Crippen LogP contribution is 2.52. The lowest BCUT2D eigenvalue weighted by Crippen LogP contribution is -2.46. The van der Waals surface area contributed by atoms with Crippen molar-refractivity contribution in [1.82, 2.24) is 0 Å². The van der Waals surface area contributed by atoms with Gasteiger partial charge in [0.25, 0.3) is 0 Å². The molecular formula is C20H20N2O2. The molecule has 1 aliphatic carbocycles. The Labute approximate surface area is 142 Å². The number of nitrogens with zero attached hydrogens (tertiary/aromatic N) is 2. The van der Waals surface area contributed by atoms with Crippen molar-refractivity contribution >= 4 is 17.1 Å². The minimum atomic E-state index is -1.41. The largest absolute Gasteiger partial charge is 0.298 e. The second-order valence-electron chi connectivity index (χ2n) is 6.13. The second-order valence-corrected chi connectivity index (χ2v) is 6.13. The summed E-state index contributed by atoms with van der Waals surface area (Å²) in [4.78, 5) is 25.8. The summed E-state index contributed by atoms with van der Waals surface area (Å²) in [5.74, 6) is -0.446. The first-order valence-corrected chi connectivity index (χ1v) is 8.15. The Morgan fingerprint density at radius 3 is 2.04 bits per heavy atom. The lowest BCUT2D eigenvalue weighted by atomic mass is 9.57. The number of nitriles is 2. The van der Waals surface area contributed by atoms with Gasteiger partial charge in [0.05, 0.1) is 12.1 Å². The zero-order valence-electron chi connectivity index (χ0n) is 14.0. The van der Waals surface area contributed by atoms with Gasteiger partial charge in [-0.05, 0) is 17.6 Å². The Balaban J connectivity index is 2.77. The molecule has 0 spiro atoms. The number of ketones is 2. The van der Waals surface area contributed by atoms with Gasteiger partial charge in [0.15, 0.2) is 11.6 Å². The molecule has 0 radical (unpaired) electrons. The molecule has 1 aliphatic rings. The van der Waals surface area contributed by atoms with Crippen molar-refractivity contribution in [2.75, 3.05) is 0 Å². The molecule has 0 amide bonds. The molecule has 0 heterocycles. The molecular weight excluding hydrogens is 300 g/mol. The predicted molar refractivity (Wildman–Crippen MR) is 90.3 cm³/mol. The summed E-state index contributed by atoms with van der Waals surface area (Å²) >= 11 is 0. The van der Waals surface area contributed by atoms with Gasteiger partial charge in [-0.25, -0.2) is 0 Å². The van der Waals surface area contributed by atoms with Crippen molar-refractivity contribution in [3.05, 3.63) is 42.0 Å². The van der Waals surface area contributed by atoms with Crippen LogP contribution in [-0.2, 0) is 9.59 Å². The molecule has 0 saturated carbocycles. The van der Waals surface area contributed by atoms with Gasteiger partial charge in [0.2, 0.25) is 0 Å². The fraction of sp³-hybridized carbons (Fsp3) is 0.400. The summed E-state index contributed by atoms with van der Waals surface area (Å²) < 4.78 is 0. The van der Waals surface area contributed by atoms with E-state index in [0.29, 0.717) is 5.57 Å². The van der Waals surface area contributed by atoms with E-state index in [9.17, 15) is 20.1 Å². The van der Waals surface area contributed by atoms with Crippen LogP contribution in [0.5, 0.6) is 0 Å². The van der Waals surface area contributed by atoms with Crippen LogP contribution in [0.2, 0.25) is 0 Å². The SMILES string of the molecule is CCC(=O)C1(C(=O)CC)CC(C#N)(C#N)CC=C1c1ccccc1. The number of benzene rings is 1. The first-order chi connectivity index (χ1) is 11.5. The van der Waals surface area contributed by atoms with Gasteiger partial charge < -0.3 is 0 Å². The summed E-state index contributed by atoms with van der Waals surface area (Å²) in [6, 6.07) is 13.4. The number of carbonyl (C=O) groups is 2. The lowest BCUT2D eigenvalue weighted by molar-refractivity contribution is -0.138. The van der Waals surface area contributed by atoms with E-state index in [2.05, 4.69) is 0 Å². The molecule has 1 aromatic carbocycles. The third-order valence-corrected chi connectivity index (χ3v) is 4.79. The number of hydrogen-bond donors (Lipinski definition) is 0. The second kappa shape index (κ2) is 6.81. The molecule has 0 bridgehead atoms. The van der Waals surface area contributed by atoms with Crippen LogP contribution >= 0.6 is 0 Å². The van der Waals surface area contributed by atoms with Gasteiger partial charge in [-0.1, -0.05) is 50.3 Å².